The summed E-state index contributed by atoms with van der Waals surface area (Å²) in [5, 5.41) is 2.33. The zero-order valence-electron chi connectivity index (χ0n) is 15.9. The van der Waals surface area contributed by atoms with Crippen LogP contribution in [0.3, 0.4) is 0 Å². The van der Waals surface area contributed by atoms with Gasteiger partial charge in [-0.05, 0) is 42.8 Å². The number of halogens is 1. The van der Waals surface area contributed by atoms with Gasteiger partial charge in [0.1, 0.15) is 17.9 Å². The van der Waals surface area contributed by atoms with Gasteiger partial charge in [-0.15, -0.1) is 6.42 Å². The number of ether oxygens (including phenoxy) is 2. The van der Waals surface area contributed by atoms with Gasteiger partial charge in [0.05, 0.1) is 24.4 Å². The molecule has 2 heterocycles. The fourth-order valence-electron chi connectivity index (χ4n) is 2.75. The van der Waals surface area contributed by atoms with Crippen LogP contribution >= 0.6 is 11.6 Å². The van der Waals surface area contributed by atoms with Crippen LogP contribution in [-0.4, -0.2) is 36.0 Å². The summed E-state index contributed by atoms with van der Waals surface area (Å²) in [5.74, 6) is 1.72. The number of urea groups is 1. The van der Waals surface area contributed by atoms with E-state index in [1.165, 1.54) is 18.4 Å². The first-order chi connectivity index (χ1) is 14.4. The largest absolute Gasteiger partial charge is 0.490 e. The number of carbonyl (C=O) groups is 3. The number of imide groups is 2. The highest BCUT2D eigenvalue weighted by molar-refractivity contribution is 6.33. The minimum absolute atomic E-state index is 0.00896. The molecular weight excluding hydrogens is 412 g/mol. The van der Waals surface area contributed by atoms with E-state index in [1.807, 2.05) is 0 Å². The van der Waals surface area contributed by atoms with Gasteiger partial charge >= 0.3 is 6.03 Å². The Morgan fingerprint density at radius 3 is 2.77 bits per heavy atom. The van der Waals surface area contributed by atoms with Gasteiger partial charge in [0.15, 0.2) is 11.5 Å². The highest BCUT2D eigenvalue weighted by Gasteiger charge is 2.36. The predicted molar refractivity (Wildman–Crippen MR) is 108 cm³/mol. The number of rotatable bonds is 7. The molecule has 8 nitrogen and oxygen atoms in total. The van der Waals surface area contributed by atoms with Gasteiger partial charge in [-0.25, -0.2) is 4.79 Å². The normalized spacial score (nSPS) is 15.2. The number of nitrogens with zero attached hydrogens (tertiary/aromatic N) is 1. The lowest BCUT2D eigenvalue weighted by molar-refractivity contribution is -0.130. The molecule has 30 heavy (non-hydrogen) atoms. The smallest absolute Gasteiger partial charge is 0.331 e. The van der Waals surface area contributed by atoms with Crippen LogP contribution in [-0.2, 0) is 16.1 Å². The molecule has 0 unspecified atom stereocenters. The van der Waals surface area contributed by atoms with Crippen LogP contribution in [0.2, 0.25) is 5.02 Å². The summed E-state index contributed by atoms with van der Waals surface area (Å²) in [6.07, 6.45) is 7.96. The number of benzene rings is 1. The van der Waals surface area contributed by atoms with Crippen LogP contribution < -0.4 is 14.8 Å². The molecule has 1 aromatic carbocycles. The SMILES string of the molecule is C#CCOc1c(Cl)cc(C=C2C(=O)NC(=O)N(Cc3ccco3)C2=O)cc1OCC. The average molecular weight is 429 g/mol. The molecule has 0 atom stereocenters. The molecule has 2 aromatic rings. The van der Waals surface area contributed by atoms with Crippen LogP contribution in [0, 0.1) is 12.3 Å². The molecule has 1 aliphatic rings. The third-order valence-corrected chi connectivity index (χ3v) is 4.30. The van der Waals surface area contributed by atoms with Crippen LogP contribution in [0.15, 0.2) is 40.5 Å². The van der Waals surface area contributed by atoms with Crippen molar-refractivity contribution < 1.29 is 28.3 Å². The molecule has 0 bridgehead atoms. The first-order valence-corrected chi connectivity index (χ1v) is 9.26. The van der Waals surface area contributed by atoms with E-state index in [2.05, 4.69) is 11.2 Å². The van der Waals surface area contributed by atoms with Gasteiger partial charge in [0.25, 0.3) is 11.8 Å². The lowest BCUT2D eigenvalue weighted by Gasteiger charge is -2.25. The monoisotopic (exact) mass is 428 g/mol. The summed E-state index contributed by atoms with van der Waals surface area (Å²) in [6.45, 7) is 1.98. The molecule has 1 N–H and O–H groups in total. The summed E-state index contributed by atoms with van der Waals surface area (Å²) >= 11 is 6.28. The van der Waals surface area contributed by atoms with E-state index < -0.39 is 17.8 Å². The number of hydrogen-bond donors (Lipinski definition) is 1. The van der Waals surface area contributed by atoms with Gasteiger partial charge in [-0.3, -0.25) is 19.8 Å². The Bertz CT molecular complexity index is 1050. The molecule has 9 heteroatoms. The van der Waals surface area contributed by atoms with Crippen molar-refractivity contribution in [3.63, 3.8) is 0 Å². The maximum Gasteiger partial charge on any atom is 0.331 e. The van der Waals surface area contributed by atoms with E-state index in [-0.39, 0.29) is 29.5 Å². The Kier molecular flexibility index (Phi) is 6.45. The predicted octanol–water partition coefficient (Wildman–Crippen LogP) is 3.01. The van der Waals surface area contributed by atoms with Crippen molar-refractivity contribution in [2.45, 2.75) is 13.5 Å². The van der Waals surface area contributed by atoms with E-state index in [9.17, 15) is 14.4 Å². The third-order valence-electron chi connectivity index (χ3n) is 4.02. The van der Waals surface area contributed by atoms with Crippen molar-refractivity contribution in [3.8, 4) is 23.8 Å². The minimum atomic E-state index is -0.829. The lowest BCUT2D eigenvalue weighted by Crippen LogP contribution is -2.53. The topological polar surface area (TPSA) is 98.1 Å². The maximum atomic E-state index is 12.8. The summed E-state index contributed by atoms with van der Waals surface area (Å²) < 4.78 is 16.1. The highest BCUT2D eigenvalue weighted by atomic mass is 35.5. The van der Waals surface area contributed by atoms with Crippen LogP contribution in [0.25, 0.3) is 6.08 Å². The van der Waals surface area contributed by atoms with Crippen LogP contribution in [0.5, 0.6) is 11.5 Å². The molecular formula is C21H17ClN2O6. The van der Waals surface area contributed by atoms with Crippen molar-refractivity contribution >= 4 is 35.5 Å². The summed E-state index contributed by atoms with van der Waals surface area (Å²) in [4.78, 5) is 38.1. The molecule has 3 rings (SSSR count). The van der Waals surface area contributed by atoms with Crippen molar-refractivity contribution in [1.29, 1.82) is 0 Å². The first kappa shape index (κ1) is 21.0. The summed E-state index contributed by atoms with van der Waals surface area (Å²) in [5.41, 5.74) is 0.166. The van der Waals surface area contributed by atoms with E-state index >= 15 is 0 Å². The number of nitrogens with one attached hydrogen (secondary N) is 1. The average Bonchev–Trinajstić information content (AvgIpc) is 3.21. The molecule has 1 saturated heterocycles. The molecule has 1 aliphatic heterocycles. The number of amides is 4. The molecule has 0 saturated carbocycles. The second kappa shape index (κ2) is 9.20. The second-order valence-corrected chi connectivity index (χ2v) is 6.45. The first-order valence-electron chi connectivity index (χ1n) is 8.88. The summed E-state index contributed by atoms with van der Waals surface area (Å²) in [7, 11) is 0. The zero-order valence-corrected chi connectivity index (χ0v) is 16.7. The molecule has 154 valence electrons. The van der Waals surface area contributed by atoms with E-state index in [0.29, 0.717) is 23.7 Å². The van der Waals surface area contributed by atoms with E-state index in [1.54, 1.807) is 25.1 Å². The number of carbonyl (C=O) groups excluding carboxylic acids is 3. The second-order valence-electron chi connectivity index (χ2n) is 6.04. The van der Waals surface area contributed by atoms with Crippen molar-refractivity contribution in [1.82, 2.24) is 10.2 Å². The number of terminal acetylenes is 1. The van der Waals surface area contributed by atoms with Crippen molar-refractivity contribution in [2.75, 3.05) is 13.2 Å². The van der Waals surface area contributed by atoms with Crippen molar-refractivity contribution in [3.05, 3.63) is 52.4 Å². The fraction of sp³-hybridized carbons (Fsp3) is 0.190. The zero-order chi connectivity index (χ0) is 21.7. The number of hydrogen-bond acceptors (Lipinski definition) is 6. The van der Waals surface area contributed by atoms with Gasteiger partial charge in [0, 0.05) is 0 Å². The highest BCUT2D eigenvalue weighted by Crippen LogP contribution is 2.37. The molecule has 1 aromatic heterocycles. The van der Waals surface area contributed by atoms with Crippen LogP contribution in [0.4, 0.5) is 4.79 Å². The Balaban J connectivity index is 1.95. The molecule has 0 aliphatic carbocycles. The molecule has 0 radical (unpaired) electrons. The maximum absolute atomic E-state index is 12.8. The van der Waals surface area contributed by atoms with E-state index in [4.69, 9.17) is 31.9 Å². The van der Waals surface area contributed by atoms with Gasteiger partial charge in [0.2, 0.25) is 0 Å². The third kappa shape index (κ3) is 4.47. The molecule has 1 fully saturated rings. The van der Waals surface area contributed by atoms with Crippen LogP contribution in [0.1, 0.15) is 18.2 Å². The number of furan rings is 1. The van der Waals surface area contributed by atoms with E-state index in [0.717, 1.165) is 4.90 Å². The standard InChI is InChI=1S/C21H17ClN2O6/c1-3-7-30-18-16(22)10-13(11-17(18)28-4-2)9-15-19(25)23-21(27)24(20(15)26)12-14-6-5-8-29-14/h1,5-6,8-11H,4,7,12H2,2H3,(H,23,25,27). The Hall–Kier alpha value is -3.70. The Morgan fingerprint density at radius 2 is 2.10 bits per heavy atom. The van der Waals surface area contributed by atoms with Gasteiger partial charge < -0.3 is 13.9 Å². The minimum Gasteiger partial charge on any atom is -0.490 e. The fourth-order valence-corrected chi connectivity index (χ4v) is 3.02. The van der Waals surface area contributed by atoms with Gasteiger partial charge in [-0.1, -0.05) is 17.5 Å². The van der Waals surface area contributed by atoms with Crippen molar-refractivity contribution in [2.24, 2.45) is 0 Å². The number of barbiturate groups is 1. The van der Waals surface area contributed by atoms with Gasteiger partial charge in [-0.2, -0.15) is 0 Å². The quantitative estimate of drug-likeness (QED) is 0.413. The molecule has 4 amide bonds. The Labute approximate surface area is 177 Å². The Morgan fingerprint density at radius 1 is 1.30 bits per heavy atom. The summed E-state index contributed by atoms with van der Waals surface area (Å²) in [6, 6.07) is 5.47. The lowest BCUT2D eigenvalue weighted by atomic mass is 10.1. The molecule has 0 spiro atoms.